The molecule has 0 bridgehead atoms. The average Bonchev–Trinajstić information content (AvgIpc) is 2.49. The highest BCUT2D eigenvalue weighted by Gasteiger charge is 2.28. The number of nitrogens with zero attached hydrogens (tertiary/aromatic N) is 2. The summed E-state index contributed by atoms with van der Waals surface area (Å²) in [6.07, 6.45) is 6.92. The minimum Gasteiger partial charge on any atom is -0.381 e. The van der Waals surface area contributed by atoms with Crippen LogP contribution in [0, 0.1) is 0 Å². The number of aromatic nitrogens is 1. The SMILES string of the molecule is c1ccc(C2CCCN(C3CCOCC3)C2)nc1. The van der Waals surface area contributed by atoms with Crippen LogP contribution in [0.5, 0.6) is 0 Å². The highest BCUT2D eigenvalue weighted by molar-refractivity contribution is 5.11. The third kappa shape index (κ3) is 2.73. The van der Waals surface area contributed by atoms with E-state index >= 15 is 0 Å². The van der Waals surface area contributed by atoms with Crippen molar-refractivity contribution in [3.63, 3.8) is 0 Å². The molecule has 3 rings (SSSR count). The third-order valence-corrected chi connectivity index (χ3v) is 4.27. The zero-order valence-corrected chi connectivity index (χ0v) is 10.9. The molecule has 98 valence electrons. The smallest absolute Gasteiger partial charge is 0.0480 e. The molecule has 0 aliphatic carbocycles. The van der Waals surface area contributed by atoms with E-state index in [1.54, 1.807) is 0 Å². The lowest BCUT2D eigenvalue weighted by Crippen LogP contribution is -2.44. The summed E-state index contributed by atoms with van der Waals surface area (Å²) >= 11 is 0. The molecule has 1 atom stereocenters. The van der Waals surface area contributed by atoms with Crippen LogP contribution in [0.1, 0.15) is 37.3 Å². The molecule has 1 aromatic heterocycles. The van der Waals surface area contributed by atoms with Crippen LogP contribution in [-0.2, 0) is 4.74 Å². The van der Waals surface area contributed by atoms with Crippen LogP contribution in [0.3, 0.4) is 0 Å². The Balaban J connectivity index is 1.64. The third-order valence-electron chi connectivity index (χ3n) is 4.27. The molecule has 0 amide bonds. The maximum atomic E-state index is 5.46. The van der Waals surface area contributed by atoms with Gasteiger partial charge in [0.1, 0.15) is 0 Å². The van der Waals surface area contributed by atoms with Gasteiger partial charge in [-0.25, -0.2) is 0 Å². The van der Waals surface area contributed by atoms with E-state index in [9.17, 15) is 0 Å². The molecule has 0 saturated carbocycles. The predicted molar refractivity (Wildman–Crippen MR) is 71.6 cm³/mol. The van der Waals surface area contributed by atoms with E-state index in [1.807, 2.05) is 12.3 Å². The van der Waals surface area contributed by atoms with E-state index in [2.05, 4.69) is 22.0 Å². The van der Waals surface area contributed by atoms with E-state index in [0.717, 1.165) is 19.3 Å². The molecule has 0 N–H and O–H groups in total. The Hall–Kier alpha value is -0.930. The Labute approximate surface area is 109 Å². The Morgan fingerprint density at radius 2 is 2.06 bits per heavy atom. The van der Waals surface area contributed by atoms with E-state index in [4.69, 9.17) is 4.74 Å². The summed E-state index contributed by atoms with van der Waals surface area (Å²) in [5.41, 5.74) is 1.27. The first-order valence-electron chi connectivity index (χ1n) is 7.16. The molecule has 2 saturated heterocycles. The second-order valence-corrected chi connectivity index (χ2v) is 5.43. The molecule has 3 nitrogen and oxygen atoms in total. The van der Waals surface area contributed by atoms with E-state index in [0.29, 0.717) is 5.92 Å². The van der Waals surface area contributed by atoms with Gasteiger partial charge in [-0.05, 0) is 44.4 Å². The molecule has 0 aromatic carbocycles. The Kier molecular flexibility index (Phi) is 3.91. The van der Waals surface area contributed by atoms with E-state index in [-0.39, 0.29) is 0 Å². The first kappa shape index (κ1) is 12.1. The van der Waals surface area contributed by atoms with Gasteiger partial charge < -0.3 is 4.74 Å². The normalized spacial score (nSPS) is 27.2. The number of hydrogen-bond donors (Lipinski definition) is 0. The summed E-state index contributed by atoms with van der Waals surface area (Å²) in [4.78, 5) is 7.20. The second-order valence-electron chi connectivity index (χ2n) is 5.43. The van der Waals surface area contributed by atoms with Gasteiger partial charge >= 0.3 is 0 Å². The van der Waals surface area contributed by atoms with Gasteiger partial charge in [0, 0.05) is 43.6 Å². The molecular formula is C15H22N2O. The number of ether oxygens (including phenoxy) is 1. The Bertz CT molecular complexity index is 362. The van der Waals surface area contributed by atoms with Gasteiger partial charge in [-0.1, -0.05) is 6.07 Å². The van der Waals surface area contributed by atoms with Crippen LogP contribution in [-0.4, -0.2) is 42.2 Å². The molecule has 1 aromatic rings. The number of rotatable bonds is 2. The van der Waals surface area contributed by atoms with Crippen LogP contribution in [0.15, 0.2) is 24.4 Å². The minimum atomic E-state index is 0.628. The second kappa shape index (κ2) is 5.81. The average molecular weight is 246 g/mol. The molecule has 2 aliphatic rings. The van der Waals surface area contributed by atoms with Crippen molar-refractivity contribution in [2.24, 2.45) is 0 Å². The van der Waals surface area contributed by atoms with Crippen LogP contribution in [0.25, 0.3) is 0 Å². The quantitative estimate of drug-likeness (QED) is 0.801. The zero-order valence-electron chi connectivity index (χ0n) is 10.9. The fourth-order valence-electron chi connectivity index (χ4n) is 3.25. The maximum Gasteiger partial charge on any atom is 0.0480 e. The van der Waals surface area contributed by atoms with Crippen molar-refractivity contribution in [3.8, 4) is 0 Å². The van der Waals surface area contributed by atoms with Crippen molar-refractivity contribution in [3.05, 3.63) is 30.1 Å². The van der Waals surface area contributed by atoms with Crippen molar-refractivity contribution in [1.29, 1.82) is 0 Å². The van der Waals surface area contributed by atoms with Crippen LogP contribution < -0.4 is 0 Å². The summed E-state index contributed by atoms with van der Waals surface area (Å²) < 4.78 is 5.46. The summed E-state index contributed by atoms with van der Waals surface area (Å²) in [6, 6.07) is 7.03. The van der Waals surface area contributed by atoms with Gasteiger partial charge in [-0.3, -0.25) is 9.88 Å². The Morgan fingerprint density at radius 1 is 1.17 bits per heavy atom. The fourth-order valence-corrected chi connectivity index (χ4v) is 3.25. The molecule has 2 aliphatic heterocycles. The lowest BCUT2D eigenvalue weighted by Gasteiger charge is -2.39. The number of piperidine rings is 1. The molecule has 18 heavy (non-hydrogen) atoms. The molecule has 1 unspecified atom stereocenters. The topological polar surface area (TPSA) is 25.4 Å². The standard InChI is InChI=1S/C15H22N2O/c1-2-8-16-15(5-1)13-4-3-9-17(12-13)14-6-10-18-11-7-14/h1-2,5,8,13-14H,3-4,6-7,9-12H2. The fraction of sp³-hybridized carbons (Fsp3) is 0.667. The zero-order chi connectivity index (χ0) is 12.2. The van der Waals surface area contributed by atoms with Gasteiger partial charge in [0.05, 0.1) is 0 Å². The highest BCUT2D eigenvalue weighted by Crippen LogP contribution is 2.28. The minimum absolute atomic E-state index is 0.628. The first-order valence-corrected chi connectivity index (χ1v) is 7.16. The molecule has 0 radical (unpaired) electrons. The largest absolute Gasteiger partial charge is 0.381 e. The van der Waals surface area contributed by atoms with E-state index < -0.39 is 0 Å². The molecule has 0 spiro atoms. The van der Waals surface area contributed by atoms with Gasteiger partial charge in [0.25, 0.3) is 0 Å². The van der Waals surface area contributed by atoms with Crippen LogP contribution in [0.4, 0.5) is 0 Å². The van der Waals surface area contributed by atoms with E-state index in [1.165, 1.54) is 44.5 Å². The van der Waals surface area contributed by atoms with Gasteiger partial charge in [0.2, 0.25) is 0 Å². The molecule has 3 heterocycles. The molecule has 2 fully saturated rings. The number of pyridine rings is 1. The number of hydrogen-bond acceptors (Lipinski definition) is 3. The molecule has 3 heteroatoms. The summed E-state index contributed by atoms with van der Waals surface area (Å²) in [5.74, 6) is 0.628. The first-order chi connectivity index (χ1) is 8.93. The van der Waals surface area contributed by atoms with Crippen LogP contribution >= 0.6 is 0 Å². The summed E-state index contributed by atoms with van der Waals surface area (Å²) in [7, 11) is 0. The van der Waals surface area contributed by atoms with Crippen molar-refractivity contribution in [1.82, 2.24) is 9.88 Å². The lowest BCUT2D eigenvalue weighted by molar-refractivity contribution is 0.0237. The van der Waals surface area contributed by atoms with Crippen molar-refractivity contribution in [2.45, 2.75) is 37.6 Å². The van der Waals surface area contributed by atoms with Gasteiger partial charge in [-0.15, -0.1) is 0 Å². The monoisotopic (exact) mass is 246 g/mol. The molecular weight excluding hydrogens is 224 g/mol. The van der Waals surface area contributed by atoms with Gasteiger partial charge in [-0.2, -0.15) is 0 Å². The number of likely N-dealkylation sites (tertiary alicyclic amines) is 1. The van der Waals surface area contributed by atoms with Crippen molar-refractivity contribution < 1.29 is 4.74 Å². The predicted octanol–water partition coefficient (Wildman–Crippen LogP) is 2.44. The Morgan fingerprint density at radius 3 is 2.83 bits per heavy atom. The summed E-state index contributed by atoms with van der Waals surface area (Å²) in [6.45, 7) is 4.32. The van der Waals surface area contributed by atoms with Crippen LogP contribution in [0.2, 0.25) is 0 Å². The lowest BCUT2D eigenvalue weighted by atomic mass is 9.92. The summed E-state index contributed by atoms with van der Waals surface area (Å²) in [5, 5.41) is 0. The van der Waals surface area contributed by atoms with Crippen molar-refractivity contribution >= 4 is 0 Å². The van der Waals surface area contributed by atoms with Crippen molar-refractivity contribution in [2.75, 3.05) is 26.3 Å². The highest BCUT2D eigenvalue weighted by atomic mass is 16.5. The maximum absolute atomic E-state index is 5.46. The van der Waals surface area contributed by atoms with Gasteiger partial charge in [0.15, 0.2) is 0 Å².